The maximum atomic E-state index is 12.5. The van der Waals surface area contributed by atoms with Crippen molar-refractivity contribution in [3.63, 3.8) is 0 Å². The maximum absolute atomic E-state index is 12.5. The van der Waals surface area contributed by atoms with E-state index in [1.165, 1.54) is 11.8 Å². The molecule has 1 N–H and O–H groups in total. The smallest absolute Gasteiger partial charge is 0.274 e. The highest BCUT2D eigenvalue weighted by atomic mass is 16.5. The fourth-order valence-corrected chi connectivity index (χ4v) is 2.78. The summed E-state index contributed by atoms with van der Waals surface area (Å²) in [6.07, 6.45) is 0.0446. The van der Waals surface area contributed by atoms with Crippen molar-refractivity contribution in [3.05, 3.63) is 58.5 Å². The van der Waals surface area contributed by atoms with Crippen LogP contribution < -0.4 is 20.3 Å². The molecule has 3 aromatic rings. The van der Waals surface area contributed by atoms with Crippen LogP contribution in [0.2, 0.25) is 0 Å². The van der Waals surface area contributed by atoms with Crippen LogP contribution in [0.25, 0.3) is 10.8 Å². The Labute approximate surface area is 150 Å². The van der Waals surface area contributed by atoms with Crippen LogP contribution >= 0.6 is 0 Å². The van der Waals surface area contributed by atoms with Crippen LogP contribution in [0.15, 0.2) is 47.3 Å². The van der Waals surface area contributed by atoms with Gasteiger partial charge in [-0.05, 0) is 18.2 Å². The number of nitrogens with one attached hydrogen (secondary N) is 1. The molecule has 7 heteroatoms. The van der Waals surface area contributed by atoms with Crippen molar-refractivity contribution in [2.24, 2.45) is 7.05 Å². The zero-order chi connectivity index (χ0) is 18.7. The van der Waals surface area contributed by atoms with E-state index in [1.54, 1.807) is 50.6 Å². The Morgan fingerprint density at radius 3 is 2.46 bits per heavy atom. The normalized spacial score (nSPS) is 10.6. The van der Waals surface area contributed by atoms with Crippen LogP contribution in [-0.4, -0.2) is 29.9 Å². The van der Waals surface area contributed by atoms with Crippen molar-refractivity contribution in [3.8, 4) is 11.5 Å². The van der Waals surface area contributed by atoms with Gasteiger partial charge in [0.15, 0.2) is 11.5 Å². The predicted molar refractivity (Wildman–Crippen MR) is 98.9 cm³/mol. The maximum Gasteiger partial charge on any atom is 0.274 e. The van der Waals surface area contributed by atoms with Gasteiger partial charge < -0.3 is 14.8 Å². The first-order valence-corrected chi connectivity index (χ1v) is 8.00. The van der Waals surface area contributed by atoms with Gasteiger partial charge in [0.2, 0.25) is 5.91 Å². The van der Waals surface area contributed by atoms with Crippen molar-refractivity contribution in [1.82, 2.24) is 9.78 Å². The Morgan fingerprint density at radius 2 is 1.77 bits per heavy atom. The first-order chi connectivity index (χ1) is 12.5. The van der Waals surface area contributed by atoms with Gasteiger partial charge in [-0.2, -0.15) is 5.10 Å². The molecule has 0 fully saturated rings. The molecule has 1 amide bonds. The number of methoxy groups -OCH3 is 2. The molecular formula is C19H19N3O4. The second-order valence-corrected chi connectivity index (χ2v) is 5.72. The van der Waals surface area contributed by atoms with Gasteiger partial charge in [0, 0.05) is 24.2 Å². The number of carbonyl (C=O) groups is 1. The topological polar surface area (TPSA) is 82.5 Å². The van der Waals surface area contributed by atoms with Crippen molar-refractivity contribution >= 4 is 22.4 Å². The number of rotatable bonds is 5. The summed E-state index contributed by atoms with van der Waals surface area (Å²) in [7, 11) is 4.65. The van der Waals surface area contributed by atoms with Gasteiger partial charge in [0.05, 0.1) is 31.7 Å². The molecule has 3 rings (SSSR count). The van der Waals surface area contributed by atoms with Crippen molar-refractivity contribution < 1.29 is 14.3 Å². The largest absolute Gasteiger partial charge is 0.493 e. The van der Waals surface area contributed by atoms with E-state index in [1.807, 2.05) is 6.07 Å². The van der Waals surface area contributed by atoms with Crippen molar-refractivity contribution in [2.45, 2.75) is 6.42 Å². The number of benzene rings is 2. The van der Waals surface area contributed by atoms with E-state index in [9.17, 15) is 9.59 Å². The van der Waals surface area contributed by atoms with Gasteiger partial charge in [-0.25, -0.2) is 4.68 Å². The lowest BCUT2D eigenvalue weighted by atomic mass is 10.1. The van der Waals surface area contributed by atoms with E-state index in [2.05, 4.69) is 10.4 Å². The average Bonchev–Trinajstić information content (AvgIpc) is 2.65. The average molecular weight is 353 g/mol. The molecule has 0 spiro atoms. The molecular weight excluding hydrogens is 334 g/mol. The zero-order valence-corrected chi connectivity index (χ0v) is 14.8. The third-order valence-corrected chi connectivity index (χ3v) is 4.03. The number of ether oxygens (including phenoxy) is 2. The highest BCUT2D eigenvalue weighted by molar-refractivity contribution is 5.95. The lowest BCUT2D eigenvalue weighted by molar-refractivity contribution is -0.115. The highest BCUT2D eigenvalue weighted by Gasteiger charge is 2.13. The van der Waals surface area contributed by atoms with E-state index >= 15 is 0 Å². The molecule has 0 aliphatic heterocycles. The molecule has 0 aliphatic rings. The first-order valence-electron chi connectivity index (χ1n) is 8.00. The van der Waals surface area contributed by atoms with E-state index in [0.29, 0.717) is 33.7 Å². The Bertz CT molecular complexity index is 1030. The molecule has 0 bridgehead atoms. The molecule has 0 saturated carbocycles. The van der Waals surface area contributed by atoms with Gasteiger partial charge in [-0.15, -0.1) is 0 Å². The summed E-state index contributed by atoms with van der Waals surface area (Å²) in [6.45, 7) is 0. The van der Waals surface area contributed by atoms with Crippen LogP contribution in [0.3, 0.4) is 0 Å². The monoisotopic (exact) mass is 353 g/mol. The Morgan fingerprint density at radius 1 is 1.08 bits per heavy atom. The number of anilines is 1. The molecule has 134 valence electrons. The molecule has 1 aromatic heterocycles. The molecule has 1 heterocycles. The number of aromatic nitrogens is 2. The Balaban J connectivity index is 1.86. The molecule has 0 atom stereocenters. The summed E-state index contributed by atoms with van der Waals surface area (Å²) >= 11 is 0. The van der Waals surface area contributed by atoms with Crippen LogP contribution in [0.4, 0.5) is 5.69 Å². The van der Waals surface area contributed by atoms with Gasteiger partial charge in [0.25, 0.3) is 5.56 Å². The van der Waals surface area contributed by atoms with Gasteiger partial charge in [0.1, 0.15) is 0 Å². The number of carbonyl (C=O) groups excluding carboxylic acids is 1. The second kappa shape index (κ2) is 7.26. The summed E-state index contributed by atoms with van der Waals surface area (Å²) in [5.41, 5.74) is 0.937. The lowest BCUT2D eigenvalue weighted by Gasteiger charge is -2.11. The highest BCUT2D eigenvalue weighted by Crippen LogP contribution is 2.29. The lowest BCUT2D eigenvalue weighted by Crippen LogP contribution is -2.24. The molecule has 0 radical (unpaired) electrons. The minimum absolute atomic E-state index is 0.0446. The Hall–Kier alpha value is -3.35. The summed E-state index contributed by atoms with van der Waals surface area (Å²) in [6, 6.07) is 12.3. The zero-order valence-electron chi connectivity index (χ0n) is 14.8. The Kier molecular flexibility index (Phi) is 4.88. The number of amides is 1. The third-order valence-electron chi connectivity index (χ3n) is 4.03. The van der Waals surface area contributed by atoms with Crippen molar-refractivity contribution in [2.75, 3.05) is 19.5 Å². The predicted octanol–water partition coefficient (Wildman–Crippen LogP) is 2.13. The number of fused-ring (bicyclic) bond motifs is 1. The molecule has 7 nitrogen and oxygen atoms in total. The minimum atomic E-state index is -0.242. The van der Waals surface area contributed by atoms with Crippen molar-refractivity contribution in [1.29, 1.82) is 0 Å². The van der Waals surface area contributed by atoms with Gasteiger partial charge in [-0.1, -0.05) is 18.2 Å². The standard InChI is InChI=1S/C19H19N3O4/c1-22-19(24)14-7-5-4-6-13(14)15(21-22)11-18(23)20-12-8-9-16(25-2)17(10-12)26-3/h4-10H,11H2,1-3H3,(H,20,23). The molecule has 0 unspecified atom stereocenters. The number of hydrogen-bond donors (Lipinski definition) is 1. The SMILES string of the molecule is COc1ccc(NC(=O)Cc2nn(C)c(=O)c3ccccc23)cc1OC. The quantitative estimate of drug-likeness (QED) is 0.760. The van der Waals surface area contributed by atoms with Gasteiger partial charge >= 0.3 is 0 Å². The molecule has 0 saturated heterocycles. The fraction of sp³-hybridized carbons (Fsp3) is 0.211. The summed E-state index contributed by atoms with van der Waals surface area (Å²) < 4.78 is 11.7. The van der Waals surface area contributed by atoms with E-state index in [0.717, 1.165) is 0 Å². The summed E-state index contributed by atoms with van der Waals surface area (Å²) in [5, 5.41) is 8.27. The summed E-state index contributed by atoms with van der Waals surface area (Å²) in [5.74, 6) is 0.862. The third kappa shape index (κ3) is 3.37. The van der Waals surface area contributed by atoms with E-state index in [4.69, 9.17) is 9.47 Å². The van der Waals surface area contributed by atoms with Crippen LogP contribution in [0, 0.1) is 0 Å². The molecule has 26 heavy (non-hydrogen) atoms. The minimum Gasteiger partial charge on any atom is -0.493 e. The van der Waals surface area contributed by atoms with Crippen LogP contribution in [0.5, 0.6) is 11.5 Å². The van der Waals surface area contributed by atoms with Crippen LogP contribution in [-0.2, 0) is 18.3 Å². The van der Waals surface area contributed by atoms with Crippen LogP contribution in [0.1, 0.15) is 5.69 Å². The molecule has 2 aromatic carbocycles. The second-order valence-electron chi connectivity index (χ2n) is 5.72. The summed E-state index contributed by atoms with van der Waals surface area (Å²) in [4.78, 5) is 24.6. The fourth-order valence-electron chi connectivity index (χ4n) is 2.78. The first kappa shape index (κ1) is 17.5. The molecule has 0 aliphatic carbocycles. The van der Waals surface area contributed by atoms with E-state index in [-0.39, 0.29) is 17.9 Å². The number of hydrogen-bond acceptors (Lipinski definition) is 5. The number of nitrogens with zero attached hydrogens (tertiary/aromatic N) is 2. The number of aryl methyl sites for hydroxylation is 1. The van der Waals surface area contributed by atoms with Gasteiger partial charge in [-0.3, -0.25) is 9.59 Å². The van der Waals surface area contributed by atoms with E-state index < -0.39 is 0 Å².